The van der Waals surface area contributed by atoms with E-state index in [2.05, 4.69) is 4.74 Å². The Morgan fingerprint density at radius 3 is 2.05 bits per heavy atom. The third-order valence-electron chi connectivity index (χ3n) is 9.83. The van der Waals surface area contributed by atoms with Gasteiger partial charge in [0, 0.05) is 11.8 Å². The molecule has 2 saturated heterocycles. The van der Waals surface area contributed by atoms with Crippen LogP contribution in [0.15, 0.2) is 0 Å². The lowest BCUT2D eigenvalue weighted by molar-refractivity contribution is -0.270. The Morgan fingerprint density at radius 1 is 0.974 bits per heavy atom. The van der Waals surface area contributed by atoms with Crippen molar-refractivity contribution in [3.63, 3.8) is 0 Å². The Balaban J connectivity index is 1.25. The first-order chi connectivity index (χ1) is 18.0. The molecule has 0 aromatic rings. The molecule has 0 radical (unpaired) electrons. The van der Waals surface area contributed by atoms with Crippen LogP contribution in [0.1, 0.15) is 51.4 Å². The lowest BCUT2D eigenvalue weighted by Crippen LogP contribution is -2.67. The quantitative estimate of drug-likeness (QED) is 0.262. The molecule has 0 spiro atoms. The summed E-state index contributed by atoms with van der Waals surface area (Å²) in [5.41, 5.74) is -0.707. The number of hydrogen-bond acceptors (Lipinski definition) is 9. The van der Waals surface area contributed by atoms with Crippen LogP contribution >= 0.6 is 0 Å². The average Bonchev–Trinajstić information content (AvgIpc) is 2.78. The summed E-state index contributed by atoms with van der Waals surface area (Å²) in [6.45, 7) is 0. The minimum Gasteiger partial charge on any atom is -0.743 e. The average molecular weight is 586 g/mol. The summed E-state index contributed by atoms with van der Waals surface area (Å²) in [6.07, 6.45) is -8.94. The zero-order valence-electron chi connectivity index (χ0n) is 20.4. The van der Waals surface area contributed by atoms with Crippen molar-refractivity contribution in [2.24, 2.45) is 40.9 Å². The fourth-order valence-corrected chi connectivity index (χ4v) is 9.16. The van der Waals surface area contributed by atoms with Crippen LogP contribution in [-0.2, 0) is 38.7 Å². The van der Waals surface area contributed by atoms with Gasteiger partial charge in [-0.25, -0.2) is 8.42 Å². The van der Waals surface area contributed by atoms with Crippen molar-refractivity contribution in [2.45, 2.75) is 87.2 Å². The second kappa shape index (κ2) is 8.57. The van der Waals surface area contributed by atoms with Crippen LogP contribution in [-0.4, -0.2) is 66.5 Å². The van der Waals surface area contributed by atoms with Gasteiger partial charge in [0.1, 0.15) is 12.2 Å². The molecular formula is C24H26F5O9S-. The van der Waals surface area contributed by atoms with E-state index in [1.54, 1.807) is 0 Å². The molecule has 0 aromatic heterocycles. The van der Waals surface area contributed by atoms with Crippen molar-refractivity contribution in [2.75, 3.05) is 0 Å². The van der Waals surface area contributed by atoms with Crippen LogP contribution in [0.2, 0.25) is 0 Å². The minimum atomic E-state index is -6.88. The number of Topliss-reactive ketones (excluding diaryl/α,β-unsaturated/α-hetero) is 1. The highest BCUT2D eigenvalue weighted by Gasteiger charge is 2.67. The highest BCUT2D eigenvalue weighted by molar-refractivity contribution is 7.86. The highest BCUT2D eigenvalue weighted by Crippen LogP contribution is 2.61. The third kappa shape index (κ3) is 4.20. The van der Waals surface area contributed by atoms with Crippen molar-refractivity contribution in [3.05, 3.63) is 0 Å². The Bertz CT molecular complexity index is 1170. The number of carbonyl (C=O) groups is 3. The number of esters is 2. The lowest BCUT2D eigenvalue weighted by Gasteiger charge is -2.57. The summed E-state index contributed by atoms with van der Waals surface area (Å²) in [5, 5.41) is -6.01. The minimum absolute atomic E-state index is 0.211. The molecule has 8 aliphatic rings. The van der Waals surface area contributed by atoms with Crippen LogP contribution in [0.5, 0.6) is 0 Å². The summed E-state index contributed by atoms with van der Waals surface area (Å²) in [7, 11) is -6.88. The van der Waals surface area contributed by atoms with Gasteiger partial charge in [0.05, 0.1) is 17.4 Å². The van der Waals surface area contributed by atoms with E-state index in [9.17, 15) is 49.3 Å². The van der Waals surface area contributed by atoms with E-state index in [0.717, 1.165) is 19.3 Å². The molecule has 9 nitrogen and oxygen atoms in total. The highest BCUT2D eigenvalue weighted by atomic mass is 32.2. The van der Waals surface area contributed by atoms with Crippen molar-refractivity contribution in [3.8, 4) is 0 Å². The lowest BCUT2D eigenvalue weighted by atomic mass is 9.49. The van der Waals surface area contributed by atoms with Crippen molar-refractivity contribution < 1.29 is 63.5 Å². The standard InChI is InChI=1S/C24H27F5O9S/c25-23(26,27)20(24(28,29)39(33,34)35)38-19(31)16-12-4-15-18(13(16)5-14(36-15)17(12)30)37-21(32)22-6-9-1-10(7-22)3-11(2-9)8-22/h9-16,18,20H,1-8H2,(H,33,34,35)/p-1. The first-order valence-corrected chi connectivity index (χ1v) is 14.4. The molecule has 8 fully saturated rings. The molecule has 0 amide bonds. The molecule has 6 saturated carbocycles. The number of hydrogen-bond donors (Lipinski definition) is 0. The molecule has 2 aliphatic heterocycles. The molecule has 8 rings (SSSR count). The van der Waals surface area contributed by atoms with Crippen molar-refractivity contribution in [1.82, 2.24) is 0 Å². The summed E-state index contributed by atoms with van der Waals surface area (Å²) in [4.78, 5) is 39.3. The predicted molar refractivity (Wildman–Crippen MR) is 114 cm³/mol. The van der Waals surface area contributed by atoms with E-state index in [0.29, 0.717) is 37.0 Å². The van der Waals surface area contributed by atoms with Crippen molar-refractivity contribution in [1.29, 1.82) is 0 Å². The van der Waals surface area contributed by atoms with Crippen LogP contribution in [0, 0.1) is 40.9 Å². The number of alkyl halides is 5. The molecule has 2 heterocycles. The van der Waals surface area contributed by atoms with Gasteiger partial charge in [-0.1, -0.05) is 0 Å². The molecule has 6 aliphatic carbocycles. The van der Waals surface area contributed by atoms with Gasteiger partial charge in [-0.15, -0.1) is 0 Å². The Labute approximate surface area is 219 Å². The number of ether oxygens (including phenoxy) is 3. The summed E-state index contributed by atoms with van der Waals surface area (Å²) < 4.78 is 117. The number of ketones is 1. The number of halogens is 5. The van der Waals surface area contributed by atoms with Gasteiger partial charge in [0.15, 0.2) is 15.9 Å². The molecule has 218 valence electrons. The topological polar surface area (TPSA) is 136 Å². The first-order valence-electron chi connectivity index (χ1n) is 13.0. The normalized spacial score (nSPS) is 43.4. The van der Waals surface area contributed by atoms with E-state index < -0.39 is 86.9 Å². The van der Waals surface area contributed by atoms with Gasteiger partial charge in [-0.3, -0.25) is 14.4 Å². The molecule has 39 heavy (non-hydrogen) atoms. The second-order valence-electron chi connectivity index (χ2n) is 12.3. The van der Waals surface area contributed by atoms with Crippen molar-refractivity contribution >= 4 is 27.8 Å². The molecule has 7 unspecified atom stereocenters. The van der Waals surface area contributed by atoms with Gasteiger partial charge >= 0.3 is 23.4 Å². The fraction of sp³-hybridized carbons (Fsp3) is 0.875. The van der Waals surface area contributed by atoms with E-state index in [1.165, 1.54) is 0 Å². The molecule has 0 aromatic carbocycles. The van der Waals surface area contributed by atoms with Gasteiger partial charge in [0.25, 0.3) is 6.10 Å². The Morgan fingerprint density at radius 2 is 1.54 bits per heavy atom. The monoisotopic (exact) mass is 585 g/mol. The summed E-state index contributed by atoms with van der Waals surface area (Å²) >= 11 is 0. The van der Waals surface area contributed by atoms with Crippen LogP contribution < -0.4 is 0 Å². The summed E-state index contributed by atoms with van der Waals surface area (Å²) in [5.74, 6) is -5.84. The van der Waals surface area contributed by atoms with Gasteiger partial charge in [-0.05, 0) is 69.1 Å². The van der Waals surface area contributed by atoms with Crippen LogP contribution in [0.25, 0.3) is 0 Å². The largest absolute Gasteiger partial charge is 0.743 e. The molecule has 15 heteroatoms. The van der Waals surface area contributed by atoms with Gasteiger partial charge < -0.3 is 18.8 Å². The van der Waals surface area contributed by atoms with E-state index >= 15 is 0 Å². The number of rotatable bonds is 6. The SMILES string of the molecule is O=C1C2CC3C(OC(=O)C45CC6CC(CC(C6)C4)C5)C(CC1C3C(=O)OC(C(F)(F)F)C(F)(F)S(=O)(=O)[O-])O2. The van der Waals surface area contributed by atoms with E-state index in [-0.39, 0.29) is 12.8 Å². The Hall–Kier alpha value is -1.87. The molecule has 0 N–H and O–H groups in total. The van der Waals surface area contributed by atoms with Gasteiger partial charge in [-0.2, -0.15) is 22.0 Å². The first kappa shape index (κ1) is 27.3. The maximum atomic E-state index is 14.0. The fourth-order valence-electron chi connectivity index (χ4n) is 8.72. The Kier molecular flexibility index (Phi) is 6.00. The molecule has 7 atom stereocenters. The predicted octanol–water partition coefficient (Wildman–Crippen LogP) is 2.72. The third-order valence-corrected chi connectivity index (χ3v) is 10.7. The maximum absolute atomic E-state index is 14.0. The molecular weight excluding hydrogens is 559 g/mol. The van der Waals surface area contributed by atoms with Crippen LogP contribution in [0.4, 0.5) is 22.0 Å². The maximum Gasteiger partial charge on any atom is 0.432 e. The summed E-state index contributed by atoms with van der Waals surface area (Å²) in [6, 6.07) is 0. The zero-order chi connectivity index (χ0) is 28.3. The zero-order valence-corrected chi connectivity index (χ0v) is 21.2. The second-order valence-corrected chi connectivity index (χ2v) is 13.7. The smallest absolute Gasteiger partial charge is 0.432 e. The van der Waals surface area contributed by atoms with E-state index in [4.69, 9.17) is 9.47 Å². The molecule has 8 bridgehead atoms. The van der Waals surface area contributed by atoms with E-state index in [1.807, 2.05) is 0 Å². The number of carbonyl (C=O) groups excluding carboxylic acids is 3. The van der Waals surface area contributed by atoms with Gasteiger partial charge in [0.2, 0.25) is 0 Å². The van der Waals surface area contributed by atoms with Crippen LogP contribution in [0.3, 0.4) is 0 Å².